The van der Waals surface area contributed by atoms with Crippen LogP contribution >= 0.6 is 0 Å². The number of terminal acetylenes is 1. The standard InChI is InChI=1S/C15H17NO2/c1-3-9-16(2)15(17)11-14-13-7-5-4-6-12(13)8-10-18-14/h1,4-7,14H,8-11H2,2H3/t14-/m1/s1. The molecule has 0 aliphatic carbocycles. The molecule has 94 valence electrons. The fraction of sp³-hybridized carbons (Fsp3) is 0.400. The quantitative estimate of drug-likeness (QED) is 0.757. The minimum atomic E-state index is -0.136. The molecular weight excluding hydrogens is 226 g/mol. The normalized spacial score (nSPS) is 17.7. The molecule has 1 atom stereocenters. The summed E-state index contributed by atoms with van der Waals surface area (Å²) in [6, 6.07) is 8.14. The molecule has 1 aliphatic rings. The first-order valence-corrected chi connectivity index (χ1v) is 6.09. The van der Waals surface area contributed by atoms with Crippen LogP contribution in [0.3, 0.4) is 0 Å². The molecule has 0 spiro atoms. The van der Waals surface area contributed by atoms with E-state index in [1.807, 2.05) is 18.2 Å². The number of ether oxygens (including phenoxy) is 1. The monoisotopic (exact) mass is 243 g/mol. The van der Waals surface area contributed by atoms with E-state index in [0.717, 1.165) is 12.0 Å². The van der Waals surface area contributed by atoms with Crippen molar-refractivity contribution in [3.8, 4) is 12.3 Å². The summed E-state index contributed by atoms with van der Waals surface area (Å²) in [6.07, 6.45) is 6.34. The Kier molecular flexibility index (Phi) is 4.01. The second-order valence-electron chi connectivity index (χ2n) is 4.47. The van der Waals surface area contributed by atoms with E-state index >= 15 is 0 Å². The van der Waals surface area contributed by atoms with Crippen molar-refractivity contribution < 1.29 is 9.53 Å². The van der Waals surface area contributed by atoms with Crippen LogP contribution < -0.4 is 0 Å². The fourth-order valence-corrected chi connectivity index (χ4v) is 2.19. The second kappa shape index (κ2) is 5.70. The van der Waals surface area contributed by atoms with Crippen LogP contribution in [0.1, 0.15) is 23.7 Å². The zero-order chi connectivity index (χ0) is 13.0. The number of nitrogens with zero attached hydrogens (tertiary/aromatic N) is 1. The molecular formula is C15H17NO2. The summed E-state index contributed by atoms with van der Waals surface area (Å²) in [7, 11) is 1.72. The van der Waals surface area contributed by atoms with Crippen LogP contribution in [0, 0.1) is 12.3 Å². The van der Waals surface area contributed by atoms with Gasteiger partial charge in [0.05, 0.1) is 25.7 Å². The first kappa shape index (κ1) is 12.7. The number of benzene rings is 1. The maximum absolute atomic E-state index is 12.0. The molecule has 18 heavy (non-hydrogen) atoms. The molecule has 0 bridgehead atoms. The Morgan fingerprint density at radius 2 is 2.33 bits per heavy atom. The minimum absolute atomic E-state index is 0.0228. The van der Waals surface area contributed by atoms with E-state index in [0.29, 0.717) is 19.6 Å². The van der Waals surface area contributed by atoms with Crippen molar-refractivity contribution in [3.05, 3.63) is 35.4 Å². The van der Waals surface area contributed by atoms with E-state index in [2.05, 4.69) is 12.0 Å². The molecule has 2 rings (SSSR count). The third-order valence-corrected chi connectivity index (χ3v) is 3.21. The van der Waals surface area contributed by atoms with Gasteiger partial charge in [-0.2, -0.15) is 0 Å². The molecule has 0 aromatic heterocycles. The van der Waals surface area contributed by atoms with E-state index in [4.69, 9.17) is 11.2 Å². The van der Waals surface area contributed by atoms with Crippen LogP contribution in [0.15, 0.2) is 24.3 Å². The molecule has 1 aromatic rings. The van der Waals surface area contributed by atoms with Crippen molar-refractivity contribution in [2.75, 3.05) is 20.2 Å². The SMILES string of the molecule is C#CCN(C)C(=O)C[C@H]1OCCc2ccccc21. The van der Waals surface area contributed by atoms with E-state index in [9.17, 15) is 4.79 Å². The Morgan fingerprint density at radius 3 is 3.11 bits per heavy atom. The third-order valence-electron chi connectivity index (χ3n) is 3.21. The smallest absolute Gasteiger partial charge is 0.226 e. The van der Waals surface area contributed by atoms with Crippen molar-refractivity contribution in [3.63, 3.8) is 0 Å². The third kappa shape index (κ3) is 2.72. The number of carbonyl (C=O) groups excluding carboxylic acids is 1. The zero-order valence-electron chi connectivity index (χ0n) is 10.6. The summed E-state index contributed by atoms with van der Waals surface area (Å²) < 4.78 is 5.70. The molecule has 0 saturated heterocycles. The predicted octanol–water partition coefficient (Wildman–Crippen LogP) is 1.78. The van der Waals surface area contributed by atoms with Crippen molar-refractivity contribution in [2.24, 2.45) is 0 Å². The van der Waals surface area contributed by atoms with Crippen molar-refractivity contribution in [2.45, 2.75) is 18.9 Å². The number of carbonyl (C=O) groups is 1. The summed E-state index contributed by atoms with van der Waals surface area (Å²) in [5.41, 5.74) is 2.41. The van der Waals surface area contributed by atoms with E-state index in [-0.39, 0.29) is 12.0 Å². The highest BCUT2D eigenvalue weighted by molar-refractivity contribution is 5.77. The van der Waals surface area contributed by atoms with Crippen molar-refractivity contribution >= 4 is 5.91 Å². The van der Waals surface area contributed by atoms with E-state index in [1.165, 1.54) is 5.56 Å². The molecule has 1 aromatic carbocycles. The summed E-state index contributed by atoms with van der Waals surface area (Å²) in [6.45, 7) is 1.01. The number of hydrogen-bond donors (Lipinski definition) is 0. The lowest BCUT2D eigenvalue weighted by Gasteiger charge is -2.27. The van der Waals surface area contributed by atoms with Gasteiger partial charge >= 0.3 is 0 Å². The van der Waals surface area contributed by atoms with Crippen LogP contribution in [0.25, 0.3) is 0 Å². The summed E-state index contributed by atoms with van der Waals surface area (Å²) in [5.74, 6) is 2.49. The minimum Gasteiger partial charge on any atom is -0.373 e. The van der Waals surface area contributed by atoms with Crippen LogP contribution in [-0.2, 0) is 16.0 Å². The molecule has 3 nitrogen and oxygen atoms in total. The van der Waals surface area contributed by atoms with Crippen molar-refractivity contribution in [1.29, 1.82) is 0 Å². The molecule has 0 saturated carbocycles. The lowest BCUT2D eigenvalue weighted by molar-refractivity contribution is -0.132. The number of rotatable bonds is 3. The molecule has 0 radical (unpaired) electrons. The second-order valence-corrected chi connectivity index (χ2v) is 4.47. The highest BCUT2D eigenvalue weighted by Crippen LogP contribution is 2.29. The van der Waals surface area contributed by atoms with Gasteiger partial charge in [-0.15, -0.1) is 6.42 Å². The molecule has 1 heterocycles. The molecule has 1 amide bonds. The topological polar surface area (TPSA) is 29.5 Å². The lowest BCUT2D eigenvalue weighted by atomic mass is 9.95. The van der Waals surface area contributed by atoms with Gasteiger partial charge in [0.15, 0.2) is 0 Å². The van der Waals surface area contributed by atoms with Gasteiger partial charge in [0.2, 0.25) is 5.91 Å². The fourth-order valence-electron chi connectivity index (χ4n) is 2.19. The summed E-state index contributed by atoms with van der Waals surface area (Å²) >= 11 is 0. The molecule has 1 aliphatic heterocycles. The van der Waals surface area contributed by atoms with Gasteiger partial charge in [-0.1, -0.05) is 30.2 Å². The van der Waals surface area contributed by atoms with E-state index in [1.54, 1.807) is 11.9 Å². The van der Waals surface area contributed by atoms with Gasteiger partial charge in [-0.25, -0.2) is 0 Å². The largest absolute Gasteiger partial charge is 0.373 e. The molecule has 0 unspecified atom stereocenters. The summed E-state index contributed by atoms with van der Waals surface area (Å²) in [5, 5.41) is 0. The number of hydrogen-bond acceptors (Lipinski definition) is 2. The Bertz CT molecular complexity index is 476. The maximum atomic E-state index is 12.0. The first-order valence-electron chi connectivity index (χ1n) is 6.09. The molecule has 3 heteroatoms. The Balaban J connectivity index is 2.08. The summed E-state index contributed by atoms with van der Waals surface area (Å²) in [4.78, 5) is 13.5. The van der Waals surface area contributed by atoms with Gasteiger partial charge in [0.1, 0.15) is 0 Å². The predicted molar refractivity (Wildman–Crippen MR) is 69.9 cm³/mol. The maximum Gasteiger partial charge on any atom is 0.226 e. The van der Waals surface area contributed by atoms with Crippen LogP contribution in [-0.4, -0.2) is 31.0 Å². The first-order chi connectivity index (χ1) is 8.72. The molecule has 0 fully saturated rings. The Morgan fingerprint density at radius 1 is 1.56 bits per heavy atom. The van der Waals surface area contributed by atoms with E-state index < -0.39 is 0 Å². The average molecular weight is 243 g/mol. The van der Waals surface area contributed by atoms with Gasteiger partial charge in [-0.3, -0.25) is 4.79 Å². The van der Waals surface area contributed by atoms with Gasteiger partial charge in [0, 0.05) is 7.05 Å². The number of amides is 1. The Hall–Kier alpha value is -1.79. The average Bonchev–Trinajstić information content (AvgIpc) is 2.39. The molecule has 0 N–H and O–H groups in total. The zero-order valence-corrected chi connectivity index (χ0v) is 10.6. The van der Waals surface area contributed by atoms with Crippen LogP contribution in [0.5, 0.6) is 0 Å². The lowest BCUT2D eigenvalue weighted by Crippen LogP contribution is -2.30. The number of fused-ring (bicyclic) bond motifs is 1. The highest BCUT2D eigenvalue weighted by Gasteiger charge is 2.24. The van der Waals surface area contributed by atoms with Crippen LogP contribution in [0.2, 0.25) is 0 Å². The highest BCUT2D eigenvalue weighted by atomic mass is 16.5. The van der Waals surface area contributed by atoms with Crippen molar-refractivity contribution in [1.82, 2.24) is 4.90 Å². The van der Waals surface area contributed by atoms with Gasteiger partial charge in [0.25, 0.3) is 0 Å². The Labute approximate surface area is 108 Å². The van der Waals surface area contributed by atoms with Gasteiger partial charge < -0.3 is 9.64 Å². The van der Waals surface area contributed by atoms with Crippen LogP contribution in [0.4, 0.5) is 0 Å². The van der Waals surface area contributed by atoms with Gasteiger partial charge in [-0.05, 0) is 17.5 Å².